The van der Waals surface area contributed by atoms with Crippen LogP contribution in [0.3, 0.4) is 0 Å². The third-order valence-corrected chi connectivity index (χ3v) is 2.59. The van der Waals surface area contributed by atoms with Crippen molar-refractivity contribution in [1.82, 2.24) is 5.06 Å². The SMILES string of the molecule is CCCCCC1C(C#N)=C(N)ON1C(C)=O. The first-order valence-corrected chi connectivity index (χ1v) is 5.49. The summed E-state index contributed by atoms with van der Waals surface area (Å²) in [4.78, 5) is 16.4. The molecular formula is C11H17N3O2. The molecule has 0 fully saturated rings. The van der Waals surface area contributed by atoms with Crippen LogP contribution in [0.15, 0.2) is 11.5 Å². The quantitative estimate of drug-likeness (QED) is 0.731. The molecule has 0 bridgehead atoms. The molecule has 1 aliphatic rings. The van der Waals surface area contributed by atoms with Crippen molar-refractivity contribution < 1.29 is 9.63 Å². The van der Waals surface area contributed by atoms with Gasteiger partial charge in [-0.1, -0.05) is 26.2 Å². The summed E-state index contributed by atoms with van der Waals surface area (Å²) in [6.07, 6.45) is 3.83. The molecule has 0 saturated heterocycles. The molecule has 1 heterocycles. The van der Waals surface area contributed by atoms with Crippen LogP contribution in [0.4, 0.5) is 0 Å². The molecule has 0 radical (unpaired) electrons. The van der Waals surface area contributed by atoms with Crippen molar-refractivity contribution in [3.05, 3.63) is 11.5 Å². The van der Waals surface area contributed by atoms with E-state index in [-0.39, 0.29) is 17.8 Å². The Hall–Kier alpha value is -1.70. The van der Waals surface area contributed by atoms with E-state index >= 15 is 0 Å². The molecule has 2 N–H and O–H groups in total. The molecule has 1 unspecified atom stereocenters. The Morgan fingerprint density at radius 2 is 2.31 bits per heavy atom. The van der Waals surface area contributed by atoms with Gasteiger partial charge in [-0.2, -0.15) is 10.3 Å². The lowest BCUT2D eigenvalue weighted by Gasteiger charge is -2.21. The van der Waals surface area contributed by atoms with Crippen LogP contribution in [0.25, 0.3) is 0 Å². The average molecular weight is 223 g/mol. The predicted octanol–water partition coefficient (Wildman–Crippen LogP) is 1.42. The van der Waals surface area contributed by atoms with Crippen LogP contribution in [-0.4, -0.2) is 17.0 Å². The highest BCUT2D eigenvalue weighted by atomic mass is 16.7. The average Bonchev–Trinajstić information content (AvgIpc) is 2.55. The van der Waals surface area contributed by atoms with Crippen molar-refractivity contribution >= 4 is 5.91 Å². The molecule has 1 aliphatic heterocycles. The smallest absolute Gasteiger partial charge is 0.252 e. The summed E-state index contributed by atoms with van der Waals surface area (Å²) >= 11 is 0. The van der Waals surface area contributed by atoms with Crippen molar-refractivity contribution in [2.45, 2.75) is 45.6 Å². The van der Waals surface area contributed by atoms with Gasteiger partial charge in [-0.25, -0.2) is 0 Å². The van der Waals surface area contributed by atoms with Gasteiger partial charge < -0.3 is 10.6 Å². The molecular weight excluding hydrogens is 206 g/mol. The molecule has 1 rings (SSSR count). The molecule has 1 amide bonds. The number of hydrogen-bond donors (Lipinski definition) is 1. The summed E-state index contributed by atoms with van der Waals surface area (Å²) in [6, 6.07) is 1.70. The number of hydroxylamine groups is 2. The van der Waals surface area contributed by atoms with Crippen LogP contribution in [-0.2, 0) is 9.63 Å². The molecule has 88 valence electrons. The van der Waals surface area contributed by atoms with Crippen LogP contribution in [0.5, 0.6) is 0 Å². The summed E-state index contributed by atoms with van der Waals surface area (Å²) in [6.45, 7) is 3.50. The van der Waals surface area contributed by atoms with Crippen molar-refractivity contribution in [3.8, 4) is 6.07 Å². The lowest BCUT2D eigenvalue weighted by molar-refractivity contribution is -0.170. The van der Waals surface area contributed by atoms with E-state index in [1.165, 1.54) is 12.0 Å². The Bertz CT molecular complexity index is 344. The molecule has 0 aromatic rings. The monoisotopic (exact) mass is 223 g/mol. The van der Waals surface area contributed by atoms with E-state index in [4.69, 9.17) is 15.8 Å². The molecule has 5 heteroatoms. The second-order valence-corrected chi connectivity index (χ2v) is 3.84. The highest BCUT2D eigenvalue weighted by Crippen LogP contribution is 2.27. The fourth-order valence-electron chi connectivity index (χ4n) is 1.76. The number of nitrogens with zero attached hydrogens (tertiary/aromatic N) is 2. The minimum Gasteiger partial charge on any atom is -0.367 e. The molecule has 5 nitrogen and oxygen atoms in total. The van der Waals surface area contributed by atoms with Crippen LogP contribution in [0, 0.1) is 11.3 Å². The van der Waals surface area contributed by atoms with E-state index in [1.807, 2.05) is 6.07 Å². The second-order valence-electron chi connectivity index (χ2n) is 3.84. The minimum atomic E-state index is -0.311. The Morgan fingerprint density at radius 1 is 1.62 bits per heavy atom. The van der Waals surface area contributed by atoms with E-state index in [0.717, 1.165) is 25.7 Å². The molecule has 0 saturated carbocycles. The summed E-state index contributed by atoms with van der Waals surface area (Å²) < 4.78 is 0. The molecule has 0 aromatic carbocycles. The molecule has 0 spiro atoms. The van der Waals surface area contributed by atoms with Gasteiger partial charge in [-0.3, -0.25) is 4.79 Å². The zero-order valence-electron chi connectivity index (χ0n) is 9.69. The Labute approximate surface area is 95.4 Å². The first-order valence-electron chi connectivity index (χ1n) is 5.49. The van der Waals surface area contributed by atoms with Gasteiger partial charge in [-0.05, 0) is 6.42 Å². The standard InChI is InChI=1S/C11H17N3O2/c1-3-4-5-6-10-9(7-12)11(13)16-14(10)8(2)15/h10H,3-6,13H2,1-2H3. The summed E-state index contributed by atoms with van der Waals surface area (Å²) in [7, 11) is 0. The molecule has 16 heavy (non-hydrogen) atoms. The number of rotatable bonds is 4. The third-order valence-electron chi connectivity index (χ3n) is 2.59. The second kappa shape index (κ2) is 5.40. The summed E-state index contributed by atoms with van der Waals surface area (Å²) in [5, 5.41) is 10.2. The lowest BCUT2D eigenvalue weighted by Crippen LogP contribution is -2.34. The first kappa shape index (κ1) is 12.4. The van der Waals surface area contributed by atoms with E-state index < -0.39 is 0 Å². The zero-order valence-corrected chi connectivity index (χ0v) is 9.69. The minimum absolute atomic E-state index is 0.0548. The predicted molar refractivity (Wildman–Crippen MR) is 58.4 cm³/mol. The molecule has 1 atom stereocenters. The number of hydrogen-bond acceptors (Lipinski definition) is 4. The number of amides is 1. The number of unbranched alkanes of at least 4 members (excludes halogenated alkanes) is 2. The Kier molecular flexibility index (Phi) is 4.18. The van der Waals surface area contributed by atoms with Gasteiger partial charge >= 0.3 is 0 Å². The maximum absolute atomic E-state index is 11.3. The number of carbonyl (C=O) groups excluding carboxylic acids is 1. The zero-order chi connectivity index (χ0) is 12.1. The third kappa shape index (κ3) is 2.45. The van der Waals surface area contributed by atoms with Gasteiger partial charge in [0.15, 0.2) is 0 Å². The van der Waals surface area contributed by atoms with Crippen LogP contribution in [0.2, 0.25) is 0 Å². The van der Waals surface area contributed by atoms with Gasteiger partial charge in [0.05, 0.1) is 0 Å². The number of nitriles is 1. The van der Waals surface area contributed by atoms with Gasteiger partial charge in [0, 0.05) is 6.92 Å². The molecule has 0 aromatic heterocycles. The molecule has 0 aliphatic carbocycles. The van der Waals surface area contributed by atoms with Crippen molar-refractivity contribution in [1.29, 1.82) is 5.26 Å². The Morgan fingerprint density at radius 3 is 2.81 bits per heavy atom. The maximum atomic E-state index is 11.3. The van der Waals surface area contributed by atoms with E-state index in [1.54, 1.807) is 0 Å². The van der Waals surface area contributed by atoms with Gasteiger partial charge in [0.25, 0.3) is 5.91 Å². The fraction of sp³-hybridized carbons (Fsp3) is 0.636. The normalized spacial score (nSPS) is 19.6. The van der Waals surface area contributed by atoms with Crippen LogP contribution < -0.4 is 5.73 Å². The van der Waals surface area contributed by atoms with E-state index in [2.05, 4.69) is 6.92 Å². The van der Waals surface area contributed by atoms with Crippen molar-refractivity contribution in [2.75, 3.05) is 0 Å². The van der Waals surface area contributed by atoms with Crippen LogP contribution >= 0.6 is 0 Å². The van der Waals surface area contributed by atoms with Gasteiger partial charge in [0.1, 0.15) is 17.7 Å². The van der Waals surface area contributed by atoms with E-state index in [9.17, 15) is 4.79 Å². The van der Waals surface area contributed by atoms with Crippen molar-refractivity contribution in [3.63, 3.8) is 0 Å². The largest absolute Gasteiger partial charge is 0.367 e. The first-order chi connectivity index (χ1) is 7.61. The lowest BCUT2D eigenvalue weighted by atomic mass is 10.0. The van der Waals surface area contributed by atoms with Gasteiger partial charge in [0.2, 0.25) is 5.88 Å². The Balaban J connectivity index is 2.73. The van der Waals surface area contributed by atoms with Gasteiger partial charge in [-0.15, -0.1) is 0 Å². The highest BCUT2D eigenvalue weighted by Gasteiger charge is 2.35. The van der Waals surface area contributed by atoms with Crippen molar-refractivity contribution in [2.24, 2.45) is 5.73 Å². The highest BCUT2D eigenvalue weighted by molar-refractivity contribution is 5.73. The summed E-state index contributed by atoms with van der Waals surface area (Å²) in [5.74, 6) is -0.172. The van der Waals surface area contributed by atoms with Crippen LogP contribution in [0.1, 0.15) is 39.5 Å². The van der Waals surface area contributed by atoms with E-state index in [0.29, 0.717) is 5.57 Å². The summed E-state index contributed by atoms with van der Waals surface area (Å²) in [5.41, 5.74) is 5.92. The topological polar surface area (TPSA) is 79.4 Å². The maximum Gasteiger partial charge on any atom is 0.252 e. The number of carbonyl (C=O) groups is 1. The number of nitrogens with two attached hydrogens (primary N) is 1. The fourth-order valence-corrected chi connectivity index (χ4v) is 1.76.